The molecule has 1 atom stereocenters. The monoisotopic (exact) mass is 234 g/mol. The third kappa shape index (κ3) is 3.66. The van der Waals surface area contributed by atoms with E-state index in [0.717, 1.165) is 12.2 Å². The van der Waals surface area contributed by atoms with Crippen LogP contribution >= 0.6 is 11.8 Å². The molecule has 0 aliphatic carbocycles. The highest BCUT2D eigenvalue weighted by atomic mass is 32.2. The summed E-state index contributed by atoms with van der Waals surface area (Å²) in [6, 6.07) is 0. The summed E-state index contributed by atoms with van der Waals surface area (Å²) in [5.74, 6) is 0.740. The standard InChI is InChI=1S/C10H18O4S/c1-2-13-5-6-14-10(9(11)12)4-3-7-15-8-10/h2-8H2,1H3,(H,11,12). The number of rotatable bonds is 6. The molecule has 1 unspecified atom stereocenters. The summed E-state index contributed by atoms with van der Waals surface area (Å²) in [6.45, 7) is 3.37. The van der Waals surface area contributed by atoms with Crippen LogP contribution in [0, 0.1) is 0 Å². The maximum absolute atomic E-state index is 11.2. The minimum Gasteiger partial charge on any atom is -0.479 e. The first-order valence-corrected chi connectivity index (χ1v) is 6.39. The third-order valence-electron chi connectivity index (χ3n) is 2.40. The van der Waals surface area contributed by atoms with E-state index in [1.807, 2.05) is 6.92 Å². The van der Waals surface area contributed by atoms with Gasteiger partial charge in [0.05, 0.1) is 13.2 Å². The smallest absolute Gasteiger partial charge is 0.336 e. The number of ether oxygens (including phenoxy) is 2. The quantitative estimate of drug-likeness (QED) is 0.704. The minimum atomic E-state index is -0.972. The van der Waals surface area contributed by atoms with E-state index < -0.39 is 11.6 Å². The summed E-state index contributed by atoms with van der Waals surface area (Å²) in [6.07, 6.45) is 1.52. The molecule has 1 aliphatic heterocycles. The molecule has 0 bridgehead atoms. The van der Waals surface area contributed by atoms with Crippen molar-refractivity contribution in [2.75, 3.05) is 31.3 Å². The molecule has 0 amide bonds. The molecule has 1 fully saturated rings. The van der Waals surface area contributed by atoms with Crippen molar-refractivity contribution in [3.8, 4) is 0 Å². The summed E-state index contributed by atoms with van der Waals surface area (Å²) in [4.78, 5) is 11.2. The molecule has 88 valence electrons. The van der Waals surface area contributed by atoms with Gasteiger partial charge < -0.3 is 14.6 Å². The van der Waals surface area contributed by atoms with Crippen LogP contribution in [0.4, 0.5) is 0 Å². The Labute approximate surface area is 94.3 Å². The Morgan fingerprint density at radius 2 is 2.33 bits per heavy atom. The highest BCUT2D eigenvalue weighted by molar-refractivity contribution is 7.99. The molecule has 0 radical (unpaired) electrons. The zero-order valence-corrected chi connectivity index (χ0v) is 9.85. The molecule has 1 saturated heterocycles. The summed E-state index contributed by atoms with van der Waals surface area (Å²) in [5.41, 5.74) is -0.972. The topological polar surface area (TPSA) is 55.8 Å². The number of carboxylic acid groups (broad SMARTS) is 1. The van der Waals surface area contributed by atoms with Crippen LogP contribution in [0.1, 0.15) is 19.8 Å². The fourth-order valence-corrected chi connectivity index (χ4v) is 2.73. The molecule has 15 heavy (non-hydrogen) atoms. The molecule has 1 N–H and O–H groups in total. The van der Waals surface area contributed by atoms with Gasteiger partial charge in [-0.1, -0.05) is 0 Å². The normalized spacial score (nSPS) is 26.5. The van der Waals surface area contributed by atoms with E-state index in [0.29, 0.717) is 32.0 Å². The van der Waals surface area contributed by atoms with Crippen molar-refractivity contribution in [3.63, 3.8) is 0 Å². The predicted molar refractivity (Wildman–Crippen MR) is 59.4 cm³/mol. The zero-order valence-electron chi connectivity index (χ0n) is 9.03. The van der Waals surface area contributed by atoms with E-state index in [2.05, 4.69) is 0 Å². The molecule has 0 spiro atoms. The van der Waals surface area contributed by atoms with Crippen molar-refractivity contribution in [2.24, 2.45) is 0 Å². The molecule has 0 saturated carbocycles. The van der Waals surface area contributed by atoms with Crippen molar-refractivity contribution in [2.45, 2.75) is 25.4 Å². The van der Waals surface area contributed by atoms with E-state index in [4.69, 9.17) is 14.6 Å². The van der Waals surface area contributed by atoms with Gasteiger partial charge in [-0.3, -0.25) is 0 Å². The lowest BCUT2D eigenvalue weighted by molar-refractivity contribution is -0.165. The number of thioether (sulfide) groups is 1. The van der Waals surface area contributed by atoms with Gasteiger partial charge >= 0.3 is 5.97 Å². The number of carboxylic acids is 1. The van der Waals surface area contributed by atoms with Gasteiger partial charge in [-0.05, 0) is 25.5 Å². The van der Waals surface area contributed by atoms with E-state index in [1.54, 1.807) is 11.8 Å². The van der Waals surface area contributed by atoms with Crippen LogP contribution in [0.2, 0.25) is 0 Å². The summed E-state index contributed by atoms with van der Waals surface area (Å²) in [5, 5.41) is 9.17. The first-order chi connectivity index (χ1) is 7.21. The van der Waals surface area contributed by atoms with Crippen LogP contribution < -0.4 is 0 Å². The fraction of sp³-hybridized carbons (Fsp3) is 0.900. The average Bonchev–Trinajstić information content (AvgIpc) is 2.26. The second-order valence-corrected chi connectivity index (χ2v) is 4.61. The third-order valence-corrected chi connectivity index (χ3v) is 3.65. The van der Waals surface area contributed by atoms with Crippen LogP contribution in [0.25, 0.3) is 0 Å². The van der Waals surface area contributed by atoms with Gasteiger partial charge in [0.25, 0.3) is 0 Å². The molecule has 5 heteroatoms. The highest BCUT2D eigenvalue weighted by Crippen LogP contribution is 2.30. The average molecular weight is 234 g/mol. The predicted octanol–water partition coefficient (Wildman–Crippen LogP) is 1.39. The summed E-state index contributed by atoms with van der Waals surface area (Å²) in [7, 11) is 0. The molecule has 0 aromatic heterocycles. The second kappa shape index (κ2) is 6.35. The number of hydrogen-bond acceptors (Lipinski definition) is 4. The SMILES string of the molecule is CCOCCOC1(C(=O)O)CCCSC1. The van der Waals surface area contributed by atoms with Crippen LogP contribution in [-0.2, 0) is 14.3 Å². The van der Waals surface area contributed by atoms with Gasteiger partial charge in [-0.2, -0.15) is 11.8 Å². The van der Waals surface area contributed by atoms with E-state index >= 15 is 0 Å². The van der Waals surface area contributed by atoms with Crippen molar-refractivity contribution in [1.29, 1.82) is 0 Å². The van der Waals surface area contributed by atoms with E-state index in [-0.39, 0.29) is 0 Å². The van der Waals surface area contributed by atoms with Crippen LogP contribution in [0.5, 0.6) is 0 Å². The lowest BCUT2D eigenvalue weighted by Gasteiger charge is -2.32. The van der Waals surface area contributed by atoms with Gasteiger partial charge in [0.1, 0.15) is 0 Å². The van der Waals surface area contributed by atoms with Crippen LogP contribution in [0.3, 0.4) is 0 Å². The molecule has 1 rings (SSSR count). The molecule has 1 heterocycles. The molecule has 0 aromatic carbocycles. The maximum Gasteiger partial charge on any atom is 0.336 e. The first-order valence-electron chi connectivity index (χ1n) is 5.24. The lowest BCUT2D eigenvalue weighted by atomic mass is 10.00. The van der Waals surface area contributed by atoms with Gasteiger partial charge in [0.15, 0.2) is 5.60 Å². The fourth-order valence-electron chi connectivity index (χ4n) is 1.55. The van der Waals surface area contributed by atoms with Crippen LogP contribution in [0.15, 0.2) is 0 Å². The molecular formula is C10H18O4S. The Morgan fingerprint density at radius 3 is 2.87 bits per heavy atom. The molecule has 4 nitrogen and oxygen atoms in total. The lowest BCUT2D eigenvalue weighted by Crippen LogP contribution is -2.46. The van der Waals surface area contributed by atoms with Gasteiger partial charge in [-0.15, -0.1) is 0 Å². The van der Waals surface area contributed by atoms with Gasteiger partial charge in [0.2, 0.25) is 0 Å². The molecule has 0 aromatic rings. The Balaban J connectivity index is 2.39. The number of aliphatic carboxylic acids is 1. The van der Waals surface area contributed by atoms with Crippen molar-refractivity contribution in [3.05, 3.63) is 0 Å². The Kier molecular flexibility index (Phi) is 5.42. The van der Waals surface area contributed by atoms with Crippen LogP contribution in [-0.4, -0.2) is 48.0 Å². The van der Waals surface area contributed by atoms with Crippen molar-refractivity contribution >= 4 is 17.7 Å². The van der Waals surface area contributed by atoms with Crippen molar-refractivity contribution in [1.82, 2.24) is 0 Å². The Morgan fingerprint density at radius 1 is 1.53 bits per heavy atom. The molecule has 1 aliphatic rings. The van der Waals surface area contributed by atoms with Gasteiger partial charge in [-0.25, -0.2) is 4.79 Å². The zero-order chi connectivity index (χ0) is 11.1. The summed E-state index contributed by atoms with van der Waals surface area (Å²) >= 11 is 1.65. The summed E-state index contributed by atoms with van der Waals surface area (Å²) < 4.78 is 10.6. The highest BCUT2D eigenvalue weighted by Gasteiger charge is 2.41. The van der Waals surface area contributed by atoms with Crippen molar-refractivity contribution < 1.29 is 19.4 Å². The Bertz CT molecular complexity index is 202. The molecular weight excluding hydrogens is 216 g/mol. The second-order valence-electron chi connectivity index (χ2n) is 3.50. The largest absolute Gasteiger partial charge is 0.479 e. The first kappa shape index (κ1) is 12.8. The maximum atomic E-state index is 11.2. The minimum absolute atomic E-state index is 0.362. The number of hydrogen-bond donors (Lipinski definition) is 1. The van der Waals surface area contributed by atoms with E-state index in [1.165, 1.54) is 0 Å². The Hall–Kier alpha value is -0.260. The van der Waals surface area contributed by atoms with E-state index in [9.17, 15) is 4.79 Å². The number of carbonyl (C=O) groups is 1. The van der Waals surface area contributed by atoms with Gasteiger partial charge in [0, 0.05) is 12.4 Å².